The Bertz CT molecular complexity index is 861. The molecule has 1 aromatic heterocycles. The molecule has 0 aliphatic carbocycles. The van der Waals surface area contributed by atoms with Crippen LogP contribution in [0.3, 0.4) is 0 Å². The number of nitrogens with one attached hydrogen (secondary N) is 1. The summed E-state index contributed by atoms with van der Waals surface area (Å²) >= 11 is 0. The van der Waals surface area contributed by atoms with Gasteiger partial charge in [-0.15, -0.1) is 0 Å². The van der Waals surface area contributed by atoms with Gasteiger partial charge in [-0.1, -0.05) is 6.07 Å². The van der Waals surface area contributed by atoms with E-state index in [1.165, 1.54) is 32.0 Å². The molecule has 2 rings (SSSR count). The number of carbonyl (C=O) groups is 2. The van der Waals surface area contributed by atoms with Crippen LogP contribution >= 0.6 is 0 Å². The van der Waals surface area contributed by atoms with Gasteiger partial charge in [0.25, 0.3) is 5.91 Å². The van der Waals surface area contributed by atoms with Crippen molar-refractivity contribution in [3.05, 3.63) is 63.0 Å². The second-order valence-electron chi connectivity index (χ2n) is 5.68. The van der Waals surface area contributed by atoms with Crippen molar-refractivity contribution >= 4 is 17.6 Å². The standard InChI is InChI=1S/C18H18FNO5/c1-9-5-6-13(8-14(9)19)20-17(22)12(4)25-18(23)16-10(2)7-15(21)24-11(16)3/h5-8,12H,1-4H3,(H,20,22). The number of halogens is 1. The summed E-state index contributed by atoms with van der Waals surface area (Å²) in [5.74, 6) is -1.72. The topological polar surface area (TPSA) is 85.6 Å². The Morgan fingerprint density at radius 2 is 1.84 bits per heavy atom. The largest absolute Gasteiger partial charge is 0.449 e. The number of carbonyl (C=O) groups excluding carboxylic acids is 2. The third-order valence-corrected chi connectivity index (χ3v) is 3.63. The molecule has 1 N–H and O–H groups in total. The fraction of sp³-hybridized carbons (Fsp3) is 0.278. The number of aryl methyl sites for hydroxylation is 3. The molecule has 0 fully saturated rings. The van der Waals surface area contributed by atoms with E-state index in [2.05, 4.69) is 5.32 Å². The molecular formula is C18H18FNO5. The second-order valence-corrected chi connectivity index (χ2v) is 5.68. The molecule has 132 valence electrons. The van der Waals surface area contributed by atoms with Gasteiger partial charge in [-0.2, -0.15) is 0 Å². The maximum absolute atomic E-state index is 13.5. The Hall–Kier alpha value is -2.96. The molecule has 0 saturated carbocycles. The van der Waals surface area contributed by atoms with E-state index in [1.807, 2.05) is 0 Å². The van der Waals surface area contributed by atoms with Crippen LogP contribution in [0.25, 0.3) is 0 Å². The number of hydrogen-bond acceptors (Lipinski definition) is 5. The maximum atomic E-state index is 13.5. The van der Waals surface area contributed by atoms with Crippen molar-refractivity contribution in [3.63, 3.8) is 0 Å². The summed E-state index contributed by atoms with van der Waals surface area (Å²) in [4.78, 5) is 35.6. The molecule has 1 aromatic carbocycles. The van der Waals surface area contributed by atoms with Gasteiger partial charge in [-0.05, 0) is 51.0 Å². The molecule has 0 bridgehead atoms. The first kappa shape index (κ1) is 18.4. The van der Waals surface area contributed by atoms with Gasteiger partial charge in [0.1, 0.15) is 17.1 Å². The van der Waals surface area contributed by atoms with Crippen molar-refractivity contribution in [2.75, 3.05) is 5.32 Å². The highest BCUT2D eigenvalue weighted by Crippen LogP contribution is 2.16. The second kappa shape index (κ2) is 7.29. The van der Waals surface area contributed by atoms with Crippen LogP contribution in [0.15, 0.2) is 33.5 Å². The first-order chi connectivity index (χ1) is 11.7. The summed E-state index contributed by atoms with van der Waals surface area (Å²) in [6.07, 6.45) is -1.12. The Balaban J connectivity index is 2.09. The highest BCUT2D eigenvalue weighted by atomic mass is 19.1. The van der Waals surface area contributed by atoms with Gasteiger partial charge >= 0.3 is 11.6 Å². The van der Waals surface area contributed by atoms with Crippen molar-refractivity contribution in [2.45, 2.75) is 33.8 Å². The maximum Gasteiger partial charge on any atom is 0.342 e. The van der Waals surface area contributed by atoms with E-state index in [1.54, 1.807) is 19.9 Å². The monoisotopic (exact) mass is 347 g/mol. The molecule has 1 unspecified atom stereocenters. The number of benzene rings is 1. The first-order valence-electron chi connectivity index (χ1n) is 7.58. The van der Waals surface area contributed by atoms with E-state index in [9.17, 15) is 18.8 Å². The lowest BCUT2D eigenvalue weighted by molar-refractivity contribution is -0.123. The summed E-state index contributed by atoms with van der Waals surface area (Å²) in [6, 6.07) is 5.43. The lowest BCUT2D eigenvalue weighted by Crippen LogP contribution is -2.30. The molecule has 2 aromatic rings. The number of amides is 1. The van der Waals surface area contributed by atoms with E-state index >= 15 is 0 Å². The highest BCUT2D eigenvalue weighted by molar-refractivity contribution is 5.98. The van der Waals surface area contributed by atoms with Crippen molar-refractivity contribution in [1.29, 1.82) is 0 Å². The molecular weight excluding hydrogens is 329 g/mol. The van der Waals surface area contributed by atoms with E-state index in [0.717, 1.165) is 0 Å². The molecule has 6 nitrogen and oxygen atoms in total. The van der Waals surface area contributed by atoms with Crippen molar-refractivity contribution < 1.29 is 23.1 Å². The average molecular weight is 347 g/mol. The molecule has 7 heteroatoms. The molecule has 0 aliphatic heterocycles. The quantitative estimate of drug-likeness (QED) is 0.860. The number of esters is 1. The Labute approximate surface area is 143 Å². The zero-order valence-electron chi connectivity index (χ0n) is 14.3. The number of ether oxygens (including phenoxy) is 1. The van der Waals surface area contributed by atoms with Crippen LogP contribution in [0.2, 0.25) is 0 Å². The predicted octanol–water partition coefficient (Wildman–Crippen LogP) is 2.89. The van der Waals surface area contributed by atoms with Crippen molar-refractivity contribution in [1.82, 2.24) is 0 Å². The zero-order chi connectivity index (χ0) is 18.7. The molecule has 1 atom stereocenters. The van der Waals surface area contributed by atoms with E-state index in [4.69, 9.17) is 9.15 Å². The minimum absolute atomic E-state index is 0.0978. The van der Waals surface area contributed by atoms with Crippen LogP contribution in [0, 0.1) is 26.6 Å². The highest BCUT2D eigenvalue weighted by Gasteiger charge is 2.23. The normalized spacial score (nSPS) is 11.7. The minimum Gasteiger partial charge on any atom is -0.449 e. The first-order valence-corrected chi connectivity index (χ1v) is 7.58. The summed E-state index contributed by atoms with van der Waals surface area (Å²) < 4.78 is 23.5. The summed E-state index contributed by atoms with van der Waals surface area (Å²) in [7, 11) is 0. The molecule has 1 amide bonds. The van der Waals surface area contributed by atoms with Crippen LogP contribution in [-0.4, -0.2) is 18.0 Å². The number of anilines is 1. The third kappa shape index (κ3) is 4.32. The van der Waals surface area contributed by atoms with E-state index in [-0.39, 0.29) is 17.0 Å². The fourth-order valence-electron chi connectivity index (χ4n) is 2.25. The lowest BCUT2D eigenvalue weighted by atomic mass is 10.1. The van der Waals surface area contributed by atoms with Crippen molar-refractivity contribution in [3.8, 4) is 0 Å². The summed E-state index contributed by atoms with van der Waals surface area (Å²) in [5, 5.41) is 2.48. The van der Waals surface area contributed by atoms with Gasteiger partial charge in [-0.25, -0.2) is 14.0 Å². The van der Waals surface area contributed by atoms with Gasteiger partial charge in [0, 0.05) is 11.8 Å². The predicted molar refractivity (Wildman–Crippen MR) is 89.1 cm³/mol. The fourth-order valence-corrected chi connectivity index (χ4v) is 2.25. The van der Waals surface area contributed by atoms with E-state index < -0.39 is 29.4 Å². The number of hydrogen-bond donors (Lipinski definition) is 1. The lowest BCUT2D eigenvalue weighted by Gasteiger charge is -2.15. The Morgan fingerprint density at radius 1 is 1.16 bits per heavy atom. The molecule has 0 radical (unpaired) electrons. The minimum atomic E-state index is -1.12. The molecule has 25 heavy (non-hydrogen) atoms. The molecule has 0 spiro atoms. The smallest absolute Gasteiger partial charge is 0.342 e. The van der Waals surface area contributed by atoms with Gasteiger partial charge in [-0.3, -0.25) is 4.79 Å². The molecule has 0 aliphatic rings. The Kier molecular flexibility index (Phi) is 5.36. The number of rotatable bonds is 4. The van der Waals surface area contributed by atoms with Gasteiger partial charge < -0.3 is 14.5 Å². The average Bonchev–Trinajstić information content (AvgIpc) is 2.49. The van der Waals surface area contributed by atoms with E-state index in [0.29, 0.717) is 11.1 Å². The summed E-state index contributed by atoms with van der Waals surface area (Å²) in [6.45, 7) is 6.03. The summed E-state index contributed by atoms with van der Waals surface area (Å²) in [5.41, 5.74) is 0.634. The molecule has 1 heterocycles. The van der Waals surface area contributed by atoms with Crippen LogP contribution in [0.1, 0.15) is 34.2 Å². The van der Waals surface area contributed by atoms with Crippen LogP contribution in [0.4, 0.5) is 10.1 Å². The van der Waals surface area contributed by atoms with Crippen LogP contribution < -0.4 is 10.9 Å². The van der Waals surface area contributed by atoms with Gasteiger partial charge in [0.05, 0.1) is 0 Å². The van der Waals surface area contributed by atoms with Gasteiger partial charge in [0.15, 0.2) is 6.10 Å². The zero-order valence-corrected chi connectivity index (χ0v) is 14.3. The molecule has 0 saturated heterocycles. The van der Waals surface area contributed by atoms with Crippen molar-refractivity contribution in [2.24, 2.45) is 0 Å². The SMILES string of the molecule is Cc1ccc(NC(=O)C(C)OC(=O)c2c(C)cc(=O)oc2C)cc1F. The Morgan fingerprint density at radius 3 is 2.44 bits per heavy atom. The van der Waals surface area contributed by atoms with Crippen LogP contribution in [0.5, 0.6) is 0 Å². The third-order valence-electron chi connectivity index (χ3n) is 3.63. The van der Waals surface area contributed by atoms with Crippen LogP contribution in [-0.2, 0) is 9.53 Å². The van der Waals surface area contributed by atoms with Gasteiger partial charge in [0.2, 0.25) is 0 Å².